The van der Waals surface area contributed by atoms with Crippen LogP contribution in [0.25, 0.3) is 5.69 Å². The van der Waals surface area contributed by atoms with Crippen LogP contribution < -0.4 is 5.32 Å². The molecular weight excluding hydrogens is 341 g/mol. The molecule has 0 radical (unpaired) electrons. The van der Waals surface area contributed by atoms with Gasteiger partial charge in [0.15, 0.2) is 0 Å². The third-order valence-corrected chi connectivity index (χ3v) is 4.09. The zero-order valence-electron chi connectivity index (χ0n) is 14.0. The van der Waals surface area contributed by atoms with Crippen molar-refractivity contribution in [2.45, 2.75) is 19.1 Å². The zero-order valence-corrected chi connectivity index (χ0v) is 14.0. The summed E-state index contributed by atoms with van der Waals surface area (Å²) < 4.78 is 40.4. The molecule has 1 N–H and O–H groups in total. The summed E-state index contributed by atoms with van der Waals surface area (Å²) in [4.78, 5) is 12.7. The smallest absolute Gasteiger partial charge is 0.345 e. The summed E-state index contributed by atoms with van der Waals surface area (Å²) in [7, 11) is 0. The Morgan fingerprint density at radius 2 is 1.69 bits per heavy atom. The van der Waals surface area contributed by atoms with Crippen LogP contribution in [0, 0.1) is 0 Å². The fourth-order valence-electron chi connectivity index (χ4n) is 2.73. The highest BCUT2D eigenvalue weighted by molar-refractivity contribution is 5.98. The van der Waals surface area contributed by atoms with Gasteiger partial charge in [-0.05, 0) is 48.9 Å². The van der Waals surface area contributed by atoms with Crippen molar-refractivity contribution in [1.29, 1.82) is 0 Å². The minimum atomic E-state index is -4.42. The predicted octanol–water partition coefficient (Wildman–Crippen LogP) is 4.99. The fourth-order valence-corrected chi connectivity index (χ4v) is 2.73. The second kappa shape index (κ2) is 7.07. The maximum atomic E-state index is 12.9. The molecule has 3 rings (SSSR count). The third kappa shape index (κ3) is 3.79. The first kappa shape index (κ1) is 17.8. The number of benzene rings is 2. The second-order valence-corrected chi connectivity index (χ2v) is 5.93. The normalized spacial score (nSPS) is 12.6. The largest absolute Gasteiger partial charge is 0.416 e. The van der Waals surface area contributed by atoms with Crippen molar-refractivity contribution in [3.8, 4) is 5.69 Å². The van der Waals surface area contributed by atoms with Gasteiger partial charge >= 0.3 is 6.18 Å². The number of hydrogen-bond acceptors (Lipinski definition) is 1. The van der Waals surface area contributed by atoms with Gasteiger partial charge in [0.1, 0.15) is 0 Å². The highest BCUT2D eigenvalue weighted by Crippen LogP contribution is 2.30. The maximum Gasteiger partial charge on any atom is 0.416 e. The molecule has 0 aliphatic carbocycles. The first-order chi connectivity index (χ1) is 12.4. The molecule has 134 valence electrons. The van der Waals surface area contributed by atoms with Gasteiger partial charge in [-0.15, -0.1) is 0 Å². The van der Waals surface area contributed by atoms with Crippen LogP contribution in [0.2, 0.25) is 0 Å². The van der Waals surface area contributed by atoms with E-state index in [0.29, 0.717) is 16.8 Å². The van der Waals surface area contributed by atoms with Gasteiger partial charge in [-0.25, -0.2) is 0 Å². The van der Waals surface area contributed by atoms with Crippen LogP contribution in [0.4, 0.5) is 13.2 Å². The molecular formula is C20H17F3N2O. The molecule has 1 amide bonds. The molecule has 3 aromatic rings. The van der Waals surface area contributed by atoms with Gasteiger partial charge in [-0.1, -0.05) is 24.3 Å². The number of rotatable bonds is 4. The zero-order chi connectivity index (χ0) is 18.7. The van der Waals surface area contributed by atoms with E-state index < -0.39 is 17.8 Å². The quantitative estimate of drug-likeness (QED) is 0.701. The van der Waals surface area contributed by atoms with Crippen molar-refractivity contribution < 1.29 is 18.0 Å². The summed E-state index contributed by atoms with van der Waals surface area (Å²) in [5, 5.41) is 2.77. The van der Waals surface area contributed by atoms with E-state index in [0.717, 1.165) is 12.1 Å². The van der Waals surface area contributed by atoms with E-state index in [-0.39, 0.29) is 5.91 Å². The topological polar surface area (TPSA) is 34.0 Å². The van der Waals surface area contributed by atoms with Crippen molar-refractivity contribution in [2.24, 2.45) is 0 Å². The Morgan fingerprint density at radius 3 is 2.38 bits per heavy atom. The van der Waals surface area contributed by atoms with E-state index in [1.54, 1.807) is 25.1 Å². The molecule has 1 aromatic heterocycles. The SMILES string of the molecule is CC(NC(=O)c1ccccc1-n1cccc1)c1cccc(C(F)(F)F)c1. The Balaban J connectivity index is 1.83. The number of aromatic nitrogens is 1. The Bertz CT molecular complexity index is 901. The maximum absolute atomic E-state index is 12.9. The summed E-state index contributed by atoms with van der Waals surface area (Å²) in [6, 6.07) is 15.2. The van der Waals surface area contributed by atoms with E-state index >= 15 is 0 Å². The number of nitrogens with one attached hydrogen (secondary N) is 1. The van der Waals surface area contributed by atoms with Crippen LogP contribution in [0.1, 0.15) is 34.5 Å². The number of carbonyl (C=O) groups excluding carboxylic acids is 1. The lowest BCUT2D eigenvalue weighted by Crippen LogP contribution is -2.27. The Morgan fingerprint density at radius 1 is 1.00 bits per heavy atom. The number of hydrogen-bond donors (Lipinski definition) is 1. The average Bonchev–Trinajstić information content (AvgIpc) is 3.15. The molecule has 0 saturated carbocycles. The fraction of sp³-hybridized carbons (Fsp3) is 0.150. The second-order valence-electron chi connectivity index (χ2n) is 5.93. The molecule has 1 atom stereocenters. The minimum Gasteiger partial charge on any atom is -0.345 e. The number of halogens is 3. The predicted molar refractivity (Wildman–Crippen MR) is 93.1 cm³/mol. The first-order valence-corrected chi connectivity index (χ1v) is 8.06. The van der Waals surface area contributed by atoms with Crippen molar-refractivity contribution >= 4 is 5.91 Å². The van der Waals surface area contributed by atoms with Gasteiger partial charge < -0.3 is 9.88 Å². The molecule has 0 spiro atoms. The molecule has 26 heavy (non-hydrogen) atoms. The van der Waals surface area contributed by atoms with Gasteiger partial charge in [0.05, 0.1) is 22.9 Å². The number of nitrogens with zero attached hydrogens (tertiary/aromatic N) is 1. The van der Waals surface area contributed by atoms with Crippen molar-refractivity contribution in [3.05, 3.63) is 89.7 Å². The molecule has 6 heteroatoms. The van der Waals surface area contributed by atoms with Crippen LogP contribution in [0.15, 0.2) is 73.1 Å². The number of amides is 1. The van der Waals surface area contributed by atoms with Gasteiger partial charge in [0, 0.05) is 12.4 Å². The highest BCUT2D eigenvalue weighted by Gasteiger charge is 2.30. The summed E-state index contributed by atoms with van der Waals surface area (Å²) in [6.45, 7) is 1.66. The van der Waals surface area contributed by atoms with Crippen LogP contribution in [-0.4, -0.2) is 10.5 Å². The van der Waals surface area contributed by atoms with Gasteiger partial charge in [0.25, 0.3) is 5.91 Å². The molecule has 0 bridgehead atoms. The molecule has 0 fully saturated rings. The number of alkyl halides is 3. The summed E-state index contributed by atoms with van der Waals surface area (Å²) in [5.74, 6) is -0.348. The molecule has 0 aliphatic rings. The molecule has 2 aromatic carbocycles. The Labute approximate surface area is 149 Å². The Hall–Kier alpha value is -3.02. The molecule has 1 unspecified atom stereocenters. The summed E-state index contributed by atoms with van der Waals surface area (Å²) >= 11 is 0. The average molecular weight is 358 g/mol. The first-order valence-electron chi connectivity index (χ1n) is 8.06. The van der Waals surface area contributed by atoms with Gasteiger partial charge in [-0.3, -0.25) is 4.79 Å². The van der Waals surface area contributed by atoms with E-state index in [1.165, 1.54) is 6.07 Å². The number of carbonyl (C=O) groups is 1. The monoisotopic (exact) mass is 358 g/mol. The molecule has 0 saturated heterocycles. The molecule has 0 aliphatic heterocycles. The molecule has 1 heterocycles. The summed E-state index contributed by atoms with van der Waals surface area (Å²) in [5.41, 5.74) is 0.809. The lowest BCUT2D eigenvalue weighted by molar-refractivity contribution is -0.137. The Kier molecular flexibility index (Phi) is 4.84. The lowest BCUT2D eigenvalue weighted by Gasteiger charge is -2.17. The van der Waals surface area contributed by atoms with Crippen molar-refractivity contribution in [2.75, 3.05) is 0 Å². The van der Waals surface area contributed by atoms with E-state index in [1.807, 2.05) is 41.2 Å². The summed E-state index contributed by atoms with van der Waals surface area (Å²) in [6.07, 6.45) is -0.772. The van der Waals surface area contributed by atoms with Crippen LogP contribution in [0.5, 0.6) is 0 Å². The van der Waals surface area contributed by atoms with E-state index in [2.05, 4.69) is 5.32 Å². The van der Waals surface area contributed by atoms with Crippen LogP contribution in [-0.2, 0) is 6.18 Å². The van der Waals surface area contributed by atoms with Crippen LogP contribution in [0.3, 0.4) is 0 Å². The van der Waals surface area contributed by atoms with Crippen molar-refractivity contribution in [3.63, 3.8) is 0 Å². The van der Waals surface area contributed by atoms with E-state index in [9.17, 15) is 18.0 Å². The lowest BCUT2D eigenvalue weighted by atomic mass is 10.0. The standard InChI is InChI=1S/C20H17F3N2O/c1-14(15-7-6-8-16(13-15)20(21,22)23)24-19(26)17-9-2-3-10-18(17)25-11-4-5-12-25/h2-14H,1H3,(H,24,26). The van der Waals surface area contributed by atoms with E-state index in [4.69, 9.17) is 0 Å². The van der Waals surface area contributed by atoms with Crippen LogP contribution >= 0.6 is 0 Å². The number of para-hydroxylation sites is 1. The third-order valence-electron chi connectivity index (χ3n) is 4.09. The minimum absolute atomic E-state index is 0.348. The highest BCUT2D eigenvalue weighted by atomic mass is 19.4. The molecule has 3 nitrogen and oxygen atoms in total. The van der Waals surface area contributed by atoms with Gasteiger partial charge in [-0.2, -0.15) is 13.2 Å². The van der Waals surface area contributed by atoms with Crippen molar-refractivity contribution in [1.82, 2.24) is 9.88 Å². The van der Waals surface area contributed by atoms with Gasteiger partial charge in [0.2, 0.25) is 0 Å².